The van der Waals surface area contributed by atoms with Crippen molar-refractivity contribution in [3.8, 4) is 0 Å². The molecule has 0 unspecified atom stereocenters. The summed E-state index contributed by atoms with van der Waals surface area (Å²) < 4.78 is 0.673. The number of halogens is 1. The molecule has 1 radical (unpaired) electrons. The molecular weight excluding hydrogens is 356 g/mol. The van der Waals surface area contributed by atoms with E-state index in [9.17, 15) is 0 Å². The second-order valence-electron chi connectivity index (χ2n) is 3.42. The van der Waals surface area contributed by atoms with Gasteiger partial charge in [0.1, 0.15) is 4.32 Å². The SMILES string of the molecule is CC(C)SC(=S)Nc1cccc([B]O)c1Cl.[Mo]. The fraction of sp³-hybridized carbons (Fsp3) is 0.300. The molecule has 0 spiro atoms. The van der Waals surface area contributed by atoms with Crippen LogP contribution in [0.25, 0.3) is 0 Å². The molecule has 0 fully saturated rings. The maximum absolute atomic E-state index is 8.95. The maximum atomic E-state index is 8.95. The Kier molecular flexibility index (Phi) is 8.78. The van der Waals surface area contributed by atoms with Crippen LogP contribution in [-0.2, 0) is 21.1 Å². The molecule has 0 bridgehead atoms. The molecule has 0 aliphatic carbocycles. The standard InChI is InChI=1S/C10H12BClNOS2.Mo/c1-6(2)16-10(15)13-8-5-3-4-7(11-14)9(8)12;/h3-6,14H,1-2H3,(H,13,15);. The molecule has 0 atom stereocenters. The molecule has 2 N–H and O–H groups in total. The van der Waals surface area contributed by atoms with Crippen molar-refractivity contribution in [3.05, 3.63) is 23.2 Å². The minimum Gasteiger partial charge on any atom is -0.450 e. The molecule has 91 valence electrons. The van der Waals surface area contributed by atoms with Crippen LogP contribution in [0.3, 0.4) is 0 Å². The number of anilines is 1. The summed E-state index contributed by atoms with van der Waals surface area (Å²) in [5.41, 5.74) is 1.28. The first-order chi connectivity index (χ1) is 7.54. The fourth-order valence-corrected chi connectivity index (χ4v) is 2.61. The van der Waals surface area contributed by atoms with Crippen LogP contribution in [0.4, 0.5) is 5.69 Å². The molecule has 0 saturated carbocycles. The van der Waals surface area contributed by atoms with Gasteiger partial charge in [-0.05, 0) is 11.5 Å². The zero-order valence-corrected chi connectivity index (χ0v) is 13.8. The topological polar surface area (TPSA) is 32.3 Å². The van der Waals surface area contributed by atoms with Crippen LogP contribution >= 0.6 is 35.6 Å². The van der Waals surface area contributed by atoms with Crippen LogP contribution in [0.5, 0.6) is 0 Å². The van der Waals surface area contributed by atoms with Crippen LogP contribution in [-0.4, -0.2) is 22.1 Å². The van der Waals surface area contributed by atoms with Gasteiger partial charge in [0.2, 0.25) is 0 Å². The first-order valence-corrected chi connectivity index (χ1v) is 6.44. The van der Waals surface area contributed by atoms with Gasteiger partial charge in [-0.15, -0.1) is 0 Å². The normalized spacial score (nSPS) is 9.71. The molecule has 7 heteroatoms. The quantitative estimate of drug-likeness (QED) is 0.634. The summed E-state index contributed by atoms with van der Waals surface area (Å²) >= 11 is 12.8. The zero-order chi connectivity index (χ0) is 12.1. The van der Waals surface area contributed by atoms with E-state index in [1.54, 1.807) is 23.9 Å². The van der Waals surface area contributed by atoms with E-state index >= 15 is 0 Å². The Balaban J connectivity index is 0.00000256. The molecule has 1 rings (SSSR count). The van der Waals surface area contributed by atoms with Crippen molar-refractivity contribution in [2.75, 3.05) is 5.32 Å². The summed E-state index contributed by atoms with van der Waals surface area (Å²) in [7, 11) is 0.978. The number of thioether (sulfide) groups is 1. The van der Waals surface area contributed by atoms with Gasteiger partial charge in [0.05, 0.1) is 10.7 Å². The van der Waals surface area contributed by atoms with Gasteiger partial charge in [-0.2, -0.15) is 0 Å². The average Bonchev–Trinajstić information content (AvgIpc) is 2.20. The fourth-order valence-electron chi connectivity index (χ4n) is 1.10. The average molecular weight is 369 g/mol. The summed E-state index contributed by atoms with van der Waals surface area (Å²) in [5.74, 6) is 0. The first-order valence-electron chi connectivity index (χ1n) is 4.78. The summed E-state index contributed by atoms with van der Waals surface area (Å²) in [6.07, 6.45) is 0. The van der Waals surface area contributed by atoms with E-state index in [0.717, 1.165) is 7.48 Å². The van der Waals surface area contributed by atoms with Crippen LogP contribution in [0.15, 0.2) is 18.2 Å². The predicted octanol–water partition coefficient (Wildman–Crippen LogP) is 2.41. The molecule has 0 aliphatic rings. The second kappa shape index (κ2) is 8.55. The Hall–Kier alpha value is 0.463. The molecule has 0 aliphatic heterocycles. The number of hydrogen-bond acceptors (Lipinski definition) is 3. The van der Waals surface area contributed by atoms with Crippen molar-refractivity contribution >= 4 is 58.5 Å². The Morgan fingerprint density at radius 1 is 1.53 bits per heavy atom. The van der Waals surface area contributed by atoms with Gasteiger partial charge in [0.25, 0.3) is 0 Å². The Morgan fingerprint density at radius 2 is 2.18 bits per heavy atom. The minimum atomic E-state index is 0. The van der Waals surface area contributed by atoms with E-state index in [1.165, 1.54) is 0 Å². The Bertz CT molecular complexity index is 393. The van der Waals surface area contributed by atoms with Crippen molar-refractivity contribution in [1.29, 1.82) is 0 Å². The van der Waals surface area contributed by atoms with Crippen molar-refractivity contribution in [1.82, 2.24) is 0 Å². The van der Waals surface area contributed by atoms with E-state index in [-0.39, 0.29) is 21.1 Å². The summed E-state index contributed by atoms with van der Waals surface area (Å²) in [6, 6.07) is 5.35. The van der Waals surface area contributed by atoms with E-state index in [0.29, 0.717) is 25.7 Å². The summed E-state index contributed by atoms with van der Waals surface area (Å²) in [5, 5.41) is 12.9. The van der Waals surface area contributed by atoms with Crippen molar-refractivity contribution in [2.45, 2.75) is 19.1 Å². The third-order valence-electron chi connectivity index (χ3n) is 1.75. The van der Waals surface area contributed by atoms with Gasteiger partial charge in [0, 0.05) is 26.3 Å². The third kappa shape index (κ3) is 5.75. The van der Waals surface area contributed by atoms with E-state index in [4.69, 9.17) is 28.8 Å². The van der Waals surface area contributed by atoms with Gasteiger partial charge >= 0.3 is 7.48 Å². The number of hydrogen-bond donors (Lipinski definition) is 2. The maximum Gasteiger partial charge on any atom is 0.328 e. The number of benzene rings is 1. The minimum absolute atomic E-state index is 0. The number of rotatable bonds is 3. The van der Waals surface area contributed by atoms with Crippen LogP contribution in [0.1, 0.15) is 13.8 Å². The van der Waals surface area contributed by atoms with Gasteiger partial charge in [-0.25, -0.2) is 0 Å². The molecule has 0 aromatic heterocycles. The monoisotopic (exact) mass is 370 g/mol. The molecule has 2 nitrogen and oxygen atoms in total. The van der Waals surface area contributed by atoms with Crippen molar-refractivity contribution in [2.24, 2.45) is 0 Å². The molecule has 0 amide bonds. The third-order valence-corrected chi connectivity index (χ3v) is 3.35. The predicted molar refractivity (Wildman–Crippen MR) is 78.0 cm³/mol. The molecule has 1 aromatic rings. The van der Waals surface area contributed by atoms with E-state index < -0.39 is 0 Å². The van der Waals surface area contributed by atoms with Crippen LogP contribution in [0, 0.1) is 0 Å². The molecule has 1 aromatic carbocycles. The van der Waals surface area contributed by atoms with E-state index in [2.05, 4.69) is 19.2 Å². The largest absolute Gasteiger partial charge is 0.450 e. The molecule has 17 heavy (non-hydrogen) atoms. The van der Waals surface area contributed by atoms with Gasteiger partial charge < -0.3 is 10.3 Å². The first kappa shape index (κ1) is 17.5. The summed E-state index contributed by atoms with van der Waals surface area (Å²) in [6.45, 7) is 4.14. The van der Waals surface area contributed by atoms with Crippen LogP contribution in [0.2, 0.25) is 5.02 Å². The van der Waals surface area contributed by atoms with Gasteiger partial charge in [0.15, 0.2) is 0 Å². The molecule has 0 saturated heterocycles. The van der Waals surface area contributed by atoms with Gasteiger partial charge in [-0.3, -0.25) is 0 Å². The summed E-state index contributed by atoms with van der Waals surface area (Å²) in [4.78, 5) is 0. The number of thiocarbonyl (C=S) groups is 1. The second-order valence-corrected chi connectivity index (χ2v) is 6.05. The van der Waals surface area contributed by atoms with Gasteiger partial charge in [-0.1, -0.05) is 61.6 Å². The van der Waals surface area contributed by atoms with E-state index in [1.807, 2.05) is 6.07 Å². The smallest absolute Gasteiger partial charge is 0.328 e. The number of nitrogens with one attached hydrogen (secondary N) is 1. The molecular formula is C10H12BClMoNOS2. The zero-order valence-electron chi connectivity index (χ0n) is 9.44. The van der Waals surface area contributed by atoms with Crippen LogP contribution < -0.4 is 10.8 Å². The van der Waals surface area contributed by atoms with Crippen molar-refractivity contribution in [3.63, 3.8) is 0 Å². The Morgan fingerprint density at radius 3 is 2.71 bits per heavy atom. The Labute approximate surface area is 131 Å². The molecule has 0 heterocycles. The van der Waals surface area contributed by atoms with Crippen molar-refractivity contribution < 1.29 is 26.1 Å².